The van der Waals surface area contributed by atoms with E-state index in [1.54, 1.807) is 7.11 Å². The fraction of sp³-hybridized carbons (Fsp3) is 0.316. The van der Waals surface area contributed by atoms with Crippen LogP contribution in [0.3, 0.4) is 0 Å². The van der Waals surface area contributed by atoms with E-state index in [9.17, 15) is 4.79 Å². The first-order valence-corrected chi connectivity index (χ1v) is 8.05. The zero-order valence-electron chi connectivity index (χ0n) is 14.4. The number of para-hydroxylation sites is 2. The standard InChI is InChI=1S/C19H24N2O3.ClH/c1-23-14-12-20-15-19(22)21-17-9-5-6-10-18(17)24-13-11-16-7-3-2-4-8-16;/h2-10,20H,11-15H2,1H3,(H,21,22);1H. The lowest BCUT2D eigenvalue weighted by Gasteiger charge is -2.13. The number of ether oxygens (including phenoxy) is 2. The van der Waals surface area contributed by atoms with Crippen molar-refractivity contribution in [3.05, 3.63) is 60.2 Å². The van der Waals surface area contributed by atoms with Gasteiger partial charge in [-0.3, -0.25) is 4.79 Å². The van der Waals surface area contributed by atoms with E-state index in [-0.39, 0.29) is 24.9 Å². The number of amides is 1. The predicted octanol–water partition coefficient (Wildman–Crippen LogP) is 2.90. The van der Waals surface area contributed by atoms with Crippen LogP contribution in [0.1, 0.15) is 5.56 Å². The van der Waals surface area contributed by atoms with Crippen LogP contribution in [-0.4, -0.2) is 39.3 Å². The summed E-state index contributed by atoms with van der Waals surface area (Å²) in [6, 6.07) is 17.6. The second-order valence-electron chi connectivity index (χ2n) is 5.30. The Balaban J connectivity index is 0.00000312. The zero-order chi connectivity index (χ0) is 17.0. The molecule has 0 heterocycles. The monoisotopic (exact) mass is 364 g/mol. The molecule has 0 unspecified atom stereocenters. The molecule has 2 aromatic carbocycles. The Morgan fingerprint density at radius 1 is 1.00 bits per heavy atom. The van der Waals surface area contributed by atoms with Crippen molar-refractivity contribution in [2.75, 3.05) is 38.7 Å². The molecule has 0 aliphatic carbocycles. The number of rotatable bonds is 10. The van der Waals surface area contributed by atoms with E-state index in [4.69, 9.17) is 9.47 Å². The highest BCUT2D eigenvalue weighted by Crippen LogP contribution is 2.23. The van der Waals surface area contributed by atoms with Crippen LogP contribution in [-0.2, 0) is 16.0 Å². The highest BCUT2D eigenvalue weighted by atomic mass is 35.5. The van der Waals surface area contributed by atoms with E-state index in [0.29, 0.717) is 31.2 Å². The van der Waals surface area contributed by atoms with Crippen molar-refractivity contribution < 1.29 is 14.3 Å². The first-order chi connectivity index (χ1) is 11.8. The SMILES string of the molecule is COCCNCC(=O)Nc1ccccc1OCCc1ccccc1.Cl. The van der Waals surface area contributed by atoms with Crippen LogP contribution < -0.4 is 15.4 Å². The molecule has 5 nitrogen and oxygen atoms in total. The van der Waals surface area contributed by atoms with Crippen LogP contribution in [0, 0.1) is 0 Å². The van der Waals surface area contributed by atoms with Gasteiger partial charge in [0, 0.05) is 20.1 Å². The van der Waals surface area contributed by atoms with Gasteiger partial charge in [0.2, 0.25) is 5.91 Å². The molecule has 0 aliphatic heterocycles. The Labute approximate surface area is 155 Å². The lowest BCUT2D eigenvalue weighted by atomic mass is 10.2. The van der Waals surface area contributed by atoms with Crippen molar-refractivity contribution in [2.24, 2.45) is 0 Å². The van der Waals surface area contributed by atoms with E-state index in [1.807, 2.05) is 42.5 Å². The molecule has 0 saturated carbocycles. The Morgan fingerprint density at radius 2 is 1.72 bits per heavy atom. The summed E-state index contributed by atoms with van der Waals surface area (Å²) >= 11 is 0. The summed E-state index contributed by atoms with van der Waals surface area (Å²) in [7, 11) is 1.63. The van der Waals surface area contributed by atoms with Crippen molar-refractivity contribution >= 4 is 24.0 Å². The molecule has 0 atom stereocenters. The number of benzene rings is 2. The summed E-state index contributed by atoms with van der Waals surface area (Å²) in [6.45, 7) is 2.01. The number of nitrogens with one attached hydrogen (secondary N) is 2. The Bertz CT molecular complexity index is 623. The molecule has 2 rings (SSSR count). The van der Waals surface area contributed by atoms with Gasteiger partial charge in [0.05, 0.1) is 25.4 Å². The third-order valence-electron chi connectivity index (χ3n) is 3.42. The van der Waals surface area contributed by atoms with Crippen LogP contribution in [0.4, 0.5) is 5.69 Å². The second-order valence-corrected chi connectivity index (χ2v) is 5.30. The van der Waals surface area contributed by atoms with Gasteiger partial charge in [-0.15, -0.1) is 12.4 Å². The molecule has 6 heteroatoms. The highest BCUT2D eigenvalue weighted by Gasteiger charge is 2.07. The smallest absolute Gasteiger partial charge is 0.238 e. The quantitative estimate of drug-likeness (QED) is 0.636. The van der Waals surface area contributed by atoms with Crippen LogP contribution >= 0.6 is 12.4 Å². The van der Waals surface area contributed by atoms with Gasteiger partial charge in [-0.2, -0.15) is 0 Å². The van der Waals surface area contributed by atoms with Gasteiger partial charge in [-0.1, -0.05) is 42.5 Å². The van der Waals surface area contributed by atoms with Crippen molar-refractivity contribution in [1.29, 1.82) is 0 Å². The topological polar surface area (TPSA) is 59.6 Å². The highest BCUT2D eigenvalue weighted by molar-refractivity contribution is 5.93. The fourth-order valence-electron chi connectivity index (χ4n) is 2.19. The zero-order valence-corrected chi connectivity index (χ0v) is 15.2. The molecule has 0 saturated heterocycles. The molecule has 0 bridgehead atoms. The molecule has 25 heavy (non-hydrogen) atoms. The van der Waals surface area contributed by atoms with Crippen molar-refractivity contribution in [1.82, 2.24) is 5.32 Å². The number of methoxy groups -OCH3 is 1. The van der Waals surface area contributed by atoms with E-state index in [0.717, 1.165) is 6.42 Å². The van der Waals surface area contributed by atoms with Gasteiger partial charge in [0.1, 0.15) is 5.75 Å². The molecule has 0 fully saturated rings. The largest absolute Gasteiger partial charge is 0.491 e. The van der Waals surface area contributed by atoms with E-state index in [1.165, 1.54) is 5.56 Å². The molecular weight excluding hydrogens is 340 g/mol. The Kier molecular flexibility index (Phi) is 10.3. The van der Waals surface area contributed by atoms with E-state index < -0.39 is 0 Å². The third-order valence-corrected chi connectivity index (χ3v) is 3.42. The average Bonchev–Trinajstić information content (AvgIpc) is 2.61. The number of halogens is 1. The first-order valence-electron chi connectivity index (χ1n) is 8.05. The van der Waals surface area contributed by atoms with Crippen LogP contribution in [0.2, 0.25) is 0 Å². The third kappa shape index (κ3) is 8.03. The molecule has 0 spiro atoms. The summed E-state index contributed by atoms with van der Waals surface area (Å²) in [5.41, 5.74) is 1.91. The molecular formula is C19H25ClN2O3. The van der Waals surface area contributed by atoms with Gasteiger partial charge >= 0.3 is 0 Å². The van der Waals surface area contributed by atoms with Crippen molar-refractivity contribution in [2.45, 2.75) is 6.42 Å². The van der Waals surface area contributed by atoms with Crippen molar-refractivity contribution in [3.63, 3.8) is 0 Å². The minimum Gasteiger partial charge on any atom is -0.491 e. The van der Waals surface area contributed by atoms with E-state index >= 15 is 0 Å². The van der Waals surface area contributed by atoms with Crippen LogP contribution in [0.15, 0.2) is 54.6 Å². The second kappa shape index (κ2) is 12.3. The summed E-state index contributed by atoms with van der Waals surface area (Å²) in [5, 5.41) is 5.88. The van der Waals surface area contributed by atoms with Crippen molar-refractivity contribution in [3.8, 4) is 5.75 Å². The van der Waals surface area contributed by atoms with Gasteiger partial charge in [-0.25, -0.2) is 0 Å². The van der Waals surface area contributed by atoms with Gasteiger partial charge in [-0.05, 0) is 17.7 Å². The maximum Gasteiger partial charge on any atom is 0.238 e. The summed E-state index contributed by atoms with van der Waals surface area (Å²) in [6.07, 6.45) is 0.821. The average molecular weight is 365 g/mol. The molecule has 1 amide bonds. The van der Waals surface area contributed by atoms with E-state index in [2.05, 4.69) is 22.8 Å². The Morgan fingerprint density at radius 3 is 2.48 bits per heavy atom. The number of anilines is 1. The minimum atomic E-state index is -0.106. The summed E-state index contributed by atoms with van der Waals surface area (Å²) < 4.78 is 10.8. The lowest BCUT2D eigenvalue weighted by Crippen LogP contribution is -2.30. The Hall–Kier alpha value is -2.08. The van der Waals surface area contributed by atoms with Crippen LogP contribution in [0.25, 0.3) is 0 Å². The van der Waals surface area contributed by atoms with Gasteiger partial charge in [0.25, 0.3) is 0 Å². The van der Waals surface area contributed by atoms with Gasteiger partial charge in [0.15, 0.2) is 0 Å². The summed E-state index contributed by atoms with van der Waals surface area (Å²) in [5.74, 6) is 0.573. The maximum atomic E-state index is 12.0. The number of hydrogen-bond donors (Lipinski definition) is 2. The molecule has 0 aromatic heterocycles. The molecule has 0 aliphatic rings. The lowest BCUT2D eigenvalue weighted by molar-refractivity contribution is -0.115. The number of hydrogen-bond acceptors (Lipinski definition) is 4. The fourth-order valence-corrected chi connectivity index (χ4v) is 2.19. The molecule has 2 N–H and O–H groups in total. The predicted molar refractivity (Wildman–Crippen MR) is 103 cm³/mol. The minimum absolute atomic E-state index is 0. The number of carbonyl (C=O) groups excluding carboxylic acids is 1. The number of carbonyl (C=O) groups is 1. The molecule has 2 aromatic rings. The summed E-state index contributed by atoms with van der Waals surface area (Å²) in [4.78, 5) is 12.0. The molecule has 0 radical (unpaired) electrons. The maximum absolute atomic E-state index is 12.0. The normalized spacial score (nSPS) is 9.96. The molecule has 136 valence electrons. The van der Waals surface area contributed by atoms with Crippen LogP contribution in [0.5, 0.6) is 5.75 Å². The first kappa shape index (κ1) is 21.0. The van der Waals surface area contributed by atoms with Gasteiger partial charge < -0.3 is 20.1 Å².